The molecule has 0 heterocycles. The van der Waals surface area contributed by atoms with Gasteiger partial charge in [-0.2, -0.15) is 0 Å². The number of anilines is 1. The number of nitrogens with zero attached hydrogens (tertiary/aromatic N) is 1. The SMILES string of the molecule is COCCN(CCO)CCC(=O)Nc1ccccc1F. The summed E-state index contributed by atoms with van der Waals surface area (Å²) in [5, 5.41) is 11.5. The molecule has 0 spiro atoms. The van der Waals surface area contributed by atoms with E-state index in [4.69, 9.17) is 9.84 Å². The number of para-hydroxylation sites is 1. The van der Waals surface area contributed by atoms with Crippen molar-refractivity contribution in [1.82, 2.24) is 4.90 Å². The van der Waals surface area contributed by atoms with Crippen molar-refractivity contribution in [2.45, 2.75) is 6.42 Å². The molecule has 6 heteroatoms. The van der Waals surface area contributed by atoms with Crippen LogP contribution in [0, 0.1) is 5.82 Å². The second-order valence-electron chi connectivity index (χ2n) is 4.34. The molecule has 2 N–H and O–H groups in total. The molecule has 0 aliphatic rings. The average molecular weight is 284 g/mol. The molecule has 0 bridgehead atoms. The summed E-state index contributed by atoms with van der Waals surface area (Å²) >= 11 is 0. The van der Waals surface area contributed by atoms with Gasteiger partial charge in [0.25, 0.3) is 0 Å². The number of hydrogen-bond donors (Lipinski definition) is 2. The standard InChI is InChI=1S/C14H21FN2O3/c1-20-11-9-17(8-10-18)7-6-14(19)16-13-5-3-2-4-12(13)15/h2-5,18H,6-11H2,1H3,(H,16,19). The third kappa shape index (κ3) is 6.10. The van der Waals surface area contributed by atoms with Crippen molar-refractivity contribution in [3.05, 3.63) is 30.1 Å². The van der Waals surface area contributed by atoms with E-state index in [1.165, 1.54) is 12.1 Å². The van der Waals surface area contributed by atoms with E-state index in [9.17, 15) is 9.18 Å². The largest absolute Gasteiger partial charge is 0.395 e. The molecule has 0 saturated carbocycles. The zero-order chi connectivity index (χ0) is 14.8. The van der Waals surface area contributed by atoms with Gasteiger partial charge in [0.05, 0.1) is 18.9 Å². The fourth-order valence-electron chi connectivity index (χ4n) is 1.73. The quantitative estimate of drug-likeness (QED) is 0.713. The van der Waals surface area contributed by atoms with Crippen LogP contribution >= 0.6 is 0 Å². The number of carbonyl (C=O) groups is 1. The smallest absolute Gasteiger partial charge is 0.225 e. The van der Waals surface area contributed by atoms with E-state index in [0.717, 1.165) is 0 Å². The Morgan fingerprint density at radius 3 is 2.75 bits per heavy atom. The Balaban J connectivity index is 2.39. The second-order valence-corrected chi connectivity index (χ2v) is 4.34. The van der Waals surface area contributed by atoms with E-state index >= 15 is 0 Å². The predicted octanol–water partition coefficient (Wildman–Crippen LogP) is 1.09. The molecule has 0 saturated heterocycles. The number of ether oxygens (including phenoxy) is 1. The number of hydrogen-bond acceptors (Lipinski definition) is 4. The monoisotopic (exact) mass is 284 g/mol. The van der Waals surface area contributed by atoms with Gasteiger partial charge in [-0.05, 0) is 12.1 Å². The van der Waals surface area contributed by atoms with Gasteiger partial charge >= 0.3 is 0 Å². The van der Waals surface area contributed by atoms with Gasteiger partial charge in [0.2, 0.25) is 5.91 Å². The van der Waals surface area contributed by atoms with Gasteiger partial charge in [-0.25, -0.2) is 4.39 Å². The lowest BCUT2D eigenvalue weighted by Crippen LogP contribution is -2.33. The first-order valence-electron chi connectivity index (χ1n) is 6.54. The van der Waals surface area contributed by atoms with Crippen LogP contribution in [0.5, 0.6) is 0 Å². The third-order valence-corrected chi connectivity index (χ3v) is 2.83. The van der Waals surface area contributed by atoms with Crippen LogP contribution in [0.2, 0.25) is 0 Å². The maximum absolute atomic E-state index is 13.4. The summed E-state index contributed by atoms with van der Waals surface area (Å²) in [4.78, 5) is 13.7. The van der Waals surface area contributed by atoms with Gasteiger partial charge < -0.3 is 15.2 Å². The minimum atomic E-state index is -0.451. The number of benzene rings is 1. The van der Waals surface area contributed by atoms with Crippen LogP contribution in [0.15, 0.2) is 24.3 Å². The Hall–Kier alpha value is -1.50. The lowest BCUT2D eigenvalue weighted by Gasteiger charge is -2.20. The molecule has 1 aromatic rings. The van der Waals surface area contributed by atoms with Crippen LogP contribution in [-0.2, 0) is 9.53 Å². The molecule has 0 aliphatic heterocycles. The van der Waals surface area contributed by atoms with E-state index in [0.29, 0.717) is 26.2 Å². The molecule has 1 amide bonds. The number of amides is 1. The van der Waals surface area contributed by atoms with Gasteiger partial charge in [0.1, 0.15) is 5.82 Å². The van der Waals surface area contributed by atoms with Crippen molar-refractivity contribution in [1.29, 1.82) is 0 Å². The summed E-state index contributed by atoms with van der Waals surface area (Å²) in [5.41, 5.74) is 0.183. The molecule has 0 radical (unpaired) electrons. The zero-order valence-corrected chi connectivity index (χ0v) is 11.6. The number of halogens is 1. The number of aliphatic hydroxyl groups excluding tert-OH is 1. The molecule has 20 heavy (non-hydrogen) atoms. The Labute approximate surface area is 118 Å². The van der Waals surface area contributed by atoms with Gasteiger partial charge in [0, 0.05) is 33.2 Å². The molecule has 0 fully saturated rings. The topological polar surface area (TPSA) is 61.8 Å². The van der Waals surface area contributed by atoms with Crippen LogP contribution in [0.3, 0.4) is 0 Å². The van der Waals surface area contributed by atoms with Gasteiger partial charge in [-0.1, -0.05) is 12.1 Å². The molecule has 1 rings (SSSR count). The maximum Gasteiger partial charge on any atom is 0.225 e. The van der Waals surface area contributed by atoms with Crippen LogP contribution in [-0.4, -0.2) is 55.9 Å². The molecule has 5 nitrogen and oxygen atoms in total. The zero-order valence-electron chi connectivity index (χ0n) is 11.6. The highest BCUT2D eigenvalue weighted by atomic mass is 19.1. The summed E-state index contributed by atoms with van der Waals surface area (Å²) in [6, 6.07) is 6.05. The molecule has 1 aromatic carbocycles. The molecular formula is C14H21FN2O3. The summed E-state index contributed by atoms with van der Waals surface area (Å²) in [7, 11) is 1.60. The van der Waals surface area contributed by atoms with E-state index < -0.39 is 5.82 Å². The molecular weight excluding hydrogens is 263 g/mol. The lowest BCUT2D eigenvalue weighted by atomic mass is 10.3. The molecule has 0 atom stereocenters. The van der Waals surface area contributed by atoms with E-state index in [-0.39, 0.29) is 24.6 Å². The van der Waals surface area contributed by atoms with Crippen LogP contribution in [0.1, 0.15) is 6.42 Å². The van der Waals surface area contributed by atoms with Crippen molar-refractivity contribution >= 4 is 11.6 Å². The summed E-state index contributed by atoms with van der Waals surface area (Å²) < 4.78 is 18.3. The minimum Gasteiger partial charge on any atom is -0.395 e. The Bertz CT molecular complexity index is 415. The van der Waals surface area contributed by atoms with Gasteiger partial charge in [-0.3, -0.25) is 9.69 Å². The number of aliphatic hydroxyl groups is 1. The molecule has 112 valence electrons. The van der Waals surface area contributed by atoms with Crippen LogP contribution in [0.25, 0.3) is 0 Å². The Kier molecular flexibility index (Phi) is 7.79. The normalized spacial score (nSPS) is 10.8. The predicted molar refractivity (Wildman–Crippen MR) is 75.0 cm³/mol. The van der Waals surface area contributed by atoms with Crippen molar-refractivity contribution < 1.29 is 19.0 Å². The van der Waals surface area contributed by atoms with Crippen molar-refractivity contribution in [3.63, 3.8) is 0 Å². The Morgan fingerprint density at radius 2 is 2.10 bits per heavy atom. The van der Waals surface area contributed by atoms with Crippen molar-refractivity contribution in [2.24, 2.45) is 0 Å². The van der Waals surface area contributed by atoms with E-state index in [2.05, 4.69) is 5.32 Å². The minimum absolute atomic E-state index is 0.0264. The maximum atomic E-state index is 13.4. The average Bonchev–Trinajstić information content (AvgIpc) is 2.44. The third-order valence-electron chi connectivity index (χ3n) is 2.83. The summed E-state index contributed by atoms with van der Waals surface area (Å²) in [6.07, 6.45) is 0.234. The Morgan fingerprint density at radius 1 is 1.35 bits per heavy atom. The van der Waals surface area contributed by atoms with Crippen LogP contribution in [0.4, 0.5) is 10.1 Å². The first-order valence-corrected chi connectivity index (χ1v) is 6.54. The van der Waals surface area contributed by atoms with Gasteiger partial charge in [-0.15, -0.1) is 0 Å². The van der Waals surface area contributed by atoms with Crippen LogP contribution < -0.4 is 5.32 Å². The van der Waals surface area contributed by atoms with Crippen molar-refractivity contribution in [3.8, 4) is 0 Å². The highest BCUT2D eigenvalue weighted by molar-refractivity contribution is 5.90. The fourth-order valence-corrected chi connectivity index (χ4v) is 1.73. The van der Waals surface area contributed by atoms with Crippen molar-refractivity contribution in [2.75, 3.05) is 45.3 Å². The molecule has 0 unspecified atom stereocenters. The summed E-state index contributed by atoms with van der Waals surface area (Å²) in [5.74, 6) is -0.706. The highest BCUT2D eigenvalue weighted by Crippen LogP contribution is 2.12. The first kappa shape index (κ1) is 16.6. The summed E-state index contributed by atoms with van der Waals surface area (Å²) in [6.45, 7) is 2.18. The number of carbonyl (C=O) groups excluding carboxylic acids is 1. The molecule has 0 aromatic heterocycles. The fraction of sp³-hybridized carbons (Fsp3) is 0.500. The highest BCUT2D eigenvalue weighted by Gasteiger charge is 2.09. The van der Waals surface area contributed by atoms with E-state index in [1.807, 2.05) is 4.90 Å². The van der Waals surface area contributed by atoms with Gasteiger partial charge in [0.15, 0.2) is 0 Å². The molecule has 0 aliphatic carbocycles. The first-order chi connectivity index (χ1) is 9.67. The number of methoxy groups -OCH3 is 1. The number of nitrogens with one attached hydrogen (secondary N) is 1. The second kappa shape index (κ2) is 9.41. The lowest BCUT2D eigenvalue weighted by molar-refractivity contribution is -0.116. The van der Waals surface area contributed by atoms with E-state index in [1.54, 1.807) is 19.2 Å². The number of rotatable bonds is 9.